The molecule has 0 rings (SSSR count). The lowest BCUT2D eigenvalue weighted by molar-refractivity contribution is -0.144. The first-order valence-electron chi connectivity index (χ1n) is 5.47. The van der Waals surface area contributed by atoms with Crippen LogP contribution in [0.15, 0.2) is 17.6 Å². The van der Waals surface area contributed by atoms with Gasteiger partial charge >= 0.3 is 5.97 Å². The Labute approximate surface area is 110 Å². The summed E-state index contributed by atoms with van der Waals surface area (Å²) in [6.07, 6.45) is 3.62. The van der Waals surface area contributed by atoms with Gasteiger partial charge in [-0.05, 0) is 12.8 Å². The molecule has 0 aromatic rings. The van der Waals surface area contributed by atoms with E-state index >= 15 is 0 Å². The van der Waals surface area contributed by atoms with Crippen molar-refractivity contribution in [3.8, 4) is 0 Å². The third-order valence-corrected chi connectivity index (χ3v) is 2.14. The molecule has 0 spiro atoms. The molecule has 0 aliphatic rings. The van der Waals surface area contributed by atoms with Gasteiger partial charge in [-0.2, -0.15) is 4.99 Å². The number of nitrogens with zero attached hydrogens (tertiary/aromatic N) is 2. The average molecular weight is 268 g/mol. The lowest BCUT2D eigenvalue weighted by Crippen LogP contribution is -2.36. The van der Waals surface area contributed by atoms with E-state index in [1.54, 1.807) is 0 Å². The van der Waals surface area contributed by atoms with Gasteiger partial charge in [0.1, 0.15) is 6.61 Å². The molecule has 0 radical (unpaired) electrons. The molecular weight excluding hydrogens is 252 g/mol. The molecule has 0 aromatic heterocycles. The fourth-order valence-corrected chi connectivity index (χ4v) is 1.22. The summed E-state index contributed by atoms with van der Waals surface area (Å²) in [6, 6.07) is -0.974. The maximum absolute atomic E-state index is 11.5. The molecule has 0 aliphatic carbocycles. The maximum atomic E-state index is 11.5. The van der Waals surface area contributed by atoms with Crippen LogP contribution in [0, 0.1) is 5.41 Å². The topological polar surface area (TPSA) is 126 Å². The Morgan fingerprint density at radius 3 is 2.79 bits per heavy atom. The Morgan fingerprint density at radius 2 is 2.32 bits per heavy atom. The van der Waals surface area contributed by atoms with Gasteiger partial charge in [-0.3, -0.25) is 15.1 Å². The summed E-state index contributed by atoms with van der Waals surface area (Å²) in [4.78, 5) is 36.5. The zero-order valence-corrected chi connectivity index (χ0v) is 10.4. The van der Waals surface area contributed by atoms with Gasteiger partial charge in [0, 0.05) is 6.54 Å². The van der Waals surface area contributed by atoms with Gasteiger partial charge in [0.25, 0.3) is 0 Å². The molecule has 0 saturated carbocycles. The second kappa shape index (κ2) is 9.55. The fraction of sp³-hybridized carbons (Fsp3) is 0.455. The predicted octanol–water partition coefficient (Wildman–Crippen LogP) is -0.448. The second-order valence-electron chi connectivity index (χ2n) is 3.48. The molecule has 0 bridgehead atoms. The monoisotopic (exact) mass is 268 g/mol. The minimum atomic E-state index is -0.974. The molecule has 104 valence electrons. The Kier molecular flexibility index (Phi) is 8.31. The zero-order chi connectivity index (χ0) is 14.7. The first kappa shape index (κ1) is 16.5. The van der Waals surface area contributed by atoms with Crippen LogP contribution in [-0.4, -0.2) is 48.5 Å². The lowest BCUT2D eigenvalue weighted by atomic mass is 10.1. The van der Waals surface area contributed by atoms with Crippen LogP contribution in [0.25, 0.3) is 0 Å². The summed E-state index contributed by atoms with van der Waals surface area (Å²) in [5.74, 6) is -1.05. The van der Waals surface area contributed by atoms with Crippen LogP contribution >= 0.6 is 0 Å². The number of carbonyl (C=O) groups excluding carboxylic acids is 3. The highest BCUT2D eigenvalue weighted by Crippen LogP contribution is 2.05. The van der Waals surface area contributed by atoms with Gasteiger partial charge in [-0.25, -0.2) is 9.59 Å². The Bertz CT molecular complexity index is 390. The number of guanidine groups is 1. The van der Waals surface area contributed by atoms with E-state index in [1.807, 2.05) is 0 Å². The minimum Gasteiger partial charge on any atom is -0.460 e. The Balaban J connectivity index is 4.32. The molecule has 8 nitrogen and oxygen atoms in total. The predicted molar refractivity (Wildman–Crippen MR) is 67.0 cm³/mol. The second-order valence-corrected chi connectivity index (χ2v) is 3.48. The van der Waals surface area contributed by atoms with Crippen molar-refractivity contribution in [1.29, 1.82) is 5.41 Å². The lowest BCUT2D eigenvalue weighted by Gasteiger charge is -2.15. The first-order chi connectivity index (χ1) is 9.06. The first-order valence-corrected chi connectivity index (χ1v) is 5.47. The molecule has 0 heterocycles. The summed E-state index contributed by atoms with van der Waals surface area (Å²) < 4.78 is 4.76. The number of hydrogen-bond donors (Lipinski definition) is 2. The molecule has 1 atom stereocenters. The number of esters is 1. The summed E-state index contributed by atoms with van der Waals surface area (Å²) in [6.45, 7) is 3.56. The van der Waals surface area contributed by atoms with Crippen molar-refractivity contribution >= 4 is 24.4 Å². The molecule has 8 heteroatoms. The summed E-state index contributed by atoms with van der Waals surface area (Å²) in [7, 11) is 0. The molecule has 1 amide bonds. The molecule has 0 aliphatic heterocycles. The maximum Gasteiger partial charge on any atom is 0.332 e. The van der Waals surface area contributed by atoms with E-state index in [2.05, 4.69) is 11.6 Å². The summed E-state index contributed by atoms with van der Waals surface area (Å²) >= 11 is 0. The van der Waals surface area contributed by atoms with Gasteiger partial charge in [-0.15, -0.1) is 0 Å². The van der Waals surface area contributed by atoms with E-state index in [-0.39, 0.29) is 25.5 Å². The number of hydrogen-bond acceptors (Lipinski definition) is 6. The Morgan fingerprint density at radius 1 is 1.63 bits per heavy atom. The number of isocyanates is 1. The number of rotatable bonds is 9. The summed E-state index contributed by atoms with van der Waals surface area (Å²) in [5, 5.41) is 7.08. The van der Waals surface area contributed by atoms with Gasteiger partial charge in [-0.1, -0.05) is 12.7 Å². The summed E-state index contributed by atoms with van der Waals surface area (Å²) in [5.41, 5.74) is 5.14. The molecule has 1 unspecified atom stereocenters. The van der Waals surface area contributed by atoms with Crippen LogP contribution in [0.1, 0.15) is 12.8 Å². The van der Waals surface area contributed by atoms with E-state index in [1.165, 1.54) is 12.2 Å². The minimum absolute atomic E-state index is 0.0254. The van der Waals surface area contributed by atoms with E-state index in [0.717, 1.165) is 4.90 Å². The number of ether oxygens (including phenoxy) is 1. The highest BCUT2D eigenvalue weighted by Gasteiger charge is 2.19. The van der Waals surface area contributed by atoms with Crippen LogP contribution in [-0.2, 0) is 19.1 Å². The van der Waals surface area contributed by atoms with Crippen LogP contribution in [0.2, 0.25) is 0 Å². The van der Waals surface area contributed by atoms with E-state index in [0.29, 0.717) is 12.8 Å². The van der Waals surface area contributed by atoms with Gasteiger partial charge in [0.2, 0.25) is 12.5 Å². The Hall–Kier alpha value is -2.47. The van der Waals surface area contributed by atoms with Crippen LogP contribution in [0.5, 0.6) is 0 Å². The zero-order valence-electron chi connectivity index (χ0n) is 10.4. The van der Waals surface area contributed by atoms with Crippen molar-refractivity contribution in [3.63, 3.8) is 0 Å². The van der Waals surface area contributed by atoms with Crippen molar-refractivity contribution in [3.05, 3.63) is 12.7 Å². The number of carbonyl (C=O) groups is 2. The smallest absolute Gasteiger partial charge is 0.332 e. The number of aliphatic imine (C=N–C) groups is 1. The average Bonchev–Trinajstić information content (AvgIpc) is 2.39. The largest absolute Gasteiger partial charge is 0.460 e. The van der Waals surface area contributed by atoms with Crippen molar-refractivity contribution in [1.82, 2.24) is 4.90 Å². The van der Waals surface area contributed by atoms with Crippen LogP contribution < -0.4 is 5.73 Å². The SMILES string of the molecule is C=CCOC(=O)C(CCCN(C=O)C(=N)N)N=C=O. The van der Waals surface area contributed by atoms with Crippen molar-refractivity contribution in [2.75, 3.05) is 13.2 Å². The van der Waals surface area contributed by atoms with Gasteiger partial charge < -0.3 is 10.5 Å². The van der Waals surface area contributed by atoms with E-state index in [4.69, 9.17) is 15.9 Å². The molecule has 0 aromatic carbocycles. The van der Waals surface area contributed by atoms with E-state index < -0.39 is 12.0 Å². The third-order valence-electron chi connectivity index (χ3n) is 2.14. The molecular formula is C11H16N4O4. The quantitative estimate of drug-likeness (QED) is 0.146. The normalized spacial score (nSPS) is 10.7. The molecule has 0 fully saturated rings. The van der Waals surface area contributed by atoms with Crippen LogP contribution in [0.3, 0.4) is 0 Å². The third kappa shape index (κ3) is 6.75. The number of amides is 1. The number of nitrogens with two attached hydrogens (primary N) is 1. The molecule has 3 N–H and O–H groups in total. The standard InChI is InChI=1S/C11H16N4O4/c1-2-6-19-10(18)9(14-7-16)4-3-5-15(8-17)11(12)13/h2,8-9H,1,3-6H2,(H3,12,13). The fourth-order valence-electron chi connectivity index (χ4n) is 1.22. The van der Waals surface area contributed by atoms with Crippen LogP contribution in [0.4, 0.5) is 0 Å². The number of nitrogens with one attached hydrogen (secondary N) is 1. The van der Waals surface area contributed by atoms with Gasteiger partial charge in [0.05, 0.1) is 0 Å². The van der Waals surface area contributed by atoms with Crippen molar-refractivity contribution in [2.45, 2.75) is 18.9 Å². The van der Waals surface area contributed by atoms with E-state index in [9.17, 15) is 14.4 Å². The highest BCUT2D eigenvalue weighted by atomic mass is 16.5. The molecule has 0 saturated heterocycles. The van der Waals surface area contributed by atoms with Crippen molar-refractivity contribution in [2.24, 2.45) is 10.7 Å². The highest BCUT2D eigenvalue weighted by molar-refractivity contribution is 5.85. The van der Waals surface area contributed by atoms with Crippen molar-refractivity contribution < 1.29 is 19.1 Å². The van der Waals surface area contributed by atoms with Gasteiger partial charge in [0.15, 0.2) is 12.0 Å². The molecule has 19 heavy (non-hydrogen) atoms.